The number of rotatable bonds is 10. The topological polar surface area (TPSA) is 88.2 Å². The number of halogens is 1. The summed E-state index contributed by atoms with van der Waals surface area (Å²) in [5, 5.41) is 14.7. The monoisotopic (exact) mass is 574 g/mol. The fourth-order valence-electron chi connectivity index (χ4n) is 4.95. The molecule has 0 spiro atoms. The third-order valence-corrected chi connectivity index (χ3v) is 7.33. The Hall–Kier alpha value is -5.29. The van der Waals surface area contributed by atoms with E-state index in [-0.39, 0.29) is 30.1 Å². The van der Waals surface area contributed by atoms with Crippen LogP contribution in [0.1, 0.15) is 44.2 Å². The Morgan fingerprint density at radius 2 is 1.74 bits per heavy atom. The van der Waals surface area contributed by atoms with Gasteiger partial charge in [0.05, 0.1) is 5.69 Å². The summed E-state index contributed by atoms with van der Waals surface area (Å²) in [7, 11) is 0. The molecule has 8 heteroatoms. The molecule has 0 saturated carbocycles. The largest absolute Gasteiger partial charge is 0.489 e. The van der Waals surface area contributed by atoms with Crippen molar-refractivity contribution in [1.29, 1.82) is 5.26 Å². The van der Waals surface area contributed by atoms with Gasteiger partial charge in [-0.2, -0.15) is 10.4 Å². The molecule has 0 saturated heterocycles. The van der Waals surface area contributed by atoms with Gasteiger partial charge in [-0.3, -0.25) is 14.5 Å². The van der Waals surface area contributed by atoms with Gasteiger partial charge in [0.1, 0.15) is 35.5 Å². The maximum Gasteiger partial charge on any atom is 0.271 e. The van der Waals surface area contributed by atoms with Crippen molar-refractivity contribution < 1.29 is 18.7 Å². The lowest BCUT2D eigenvalue weighted by Gasteiger charge is -2.27. The second-order valence-corrected chi connectivity index (χ2v) is 10.3. The predicted molar refractivity (Wildman–Crippen MR) is 162 cm³/mol. The van der Waals surface area contributed by atoms with E-state index in [4.69, 9.17) is 9.84 Å². The number of benzene rings is 3. The molecule has 43 heavy (non-hydrogen) atoms. The van der Waals surface area contributed by atoms with E-state index in [1.807, 2.05) is 67.7 Å². The number of para-hydroxylation sites is 1. The number of aromatic nitrogens is 2. The highest BCUT2D eigenvalue weighted by molar-refractivity contribution is 6.19. The zero-order chi connectivity index (χ0) is 30.3. The van der Waals surface area contributed by atoms with Crippen molar-refractivity contribution in [3.63, 3.8) is 0 Å². The SMILES string of the molecule is CCCCCN1C(=O)C(C#N)=C(C)/C(=C\c2cn(-c3ccccc3)nc2-c2cccc(OCc3ccccc3F)c2)C1=O. The molecule has 0 N–H and O–H groups in total. The normalized spacial score (nSPS) is 14.4. The maximum atomic E-state index is 14.2. The van der Waals surface area contributed by atoms with Gasteiger partial charge in [-0.25, -0.2) is 9.07 Å². The smallest absolute Gasteiger partial charge is 0.271 e. The number of hydrogen-bond acceptors (Lipinski definition) is 5. The number of nitrogens with zero attached hydrogens (tertiary/aromatic N) is 4. The van der Waals surface area contributed by atoms with Crippen molar-refractivity contribution in [2.45, 2.75) is 39.7 Å². The van der Waals surface area contributed by atoms with E-state index in [2.05, 4.69) is 0 Å². The van der Waals surface area contributed by atoms with Crippen LogP contribution in [-0.2, 0) is 16.2 Å². The Balaban J connectivity index is 1.57. The highest BCUT2D eigenvalue weighted by atomic mass is 19.1. The van der Waals surface area contributed by atoms with Gasteiger partial charge in [-0.1, -0.05) is 68.3 Å². The number of nitriles is 1. The molecule has 0 fully saturated rings. The molecule has 1 aliphatic rings. The fourth-order valence-corrected chi connectivity index (χ4v) is 4.95. The van der Waals surface area contributed by atoms with Crippen molar-refractivity contribution in [2.75, 3.05) is 6.54 Å². The number of carbonyl (C=O) groups excluding carboxylic acids is 2. The summed E-state index contributed by atoms with van der Waals surface area (Å²) in [6, 6.07) is 25.3. The Kier molecular flexibility index (Phi) is 8.92. The Bertz CT molecular complexity index is 1770. The molecule has 1 aromatic heterocycles. The van der Waals surface area contributed by atoms with Crippen molar-refractivity contribution in [3.05, 3.63) is 119 Å². The summed E-state index contributed by atoms with van der Waals surface area (Å²) in [6.45, 7) is 3.98. The van der Waals surface area contributed by atoms with Crippen LogP contribution in [0.3, 0.4) is 0 Å². The first-order valence-corrected chi connectivity index (χ1v) is 14.2. The van der Waals surface area contributed by atoms with Crippen molar-refractivity contribution in [2.24, 2.45) is 0 Å². The third-order valence-electron chi connectivity index (χ3n) is 7.33. The average molecular weight is 575 g/mol. The quantitative estimate of drug-likeness (QED) is 0.115. The summed E-state index contributed by atoms with van der Waals surface area (Å²) in [4.78, 5) is 27.8. The van der Waals surface area contributed by atoms with Crippen LogP contribution in [0.25, 0.3) is 23.0 Å². The highest BCUT2D eigenvalue weighted by Gasteiger charge is 2.35. The standard InChI is InChI=1S/C35H31FN4O3/c1-3-4-10-18-39-34(41)30(24(2)31(21-37)35(39)42)20-27-22-40(28-14-6-5-7-15-28)38-33(27)25-13-11-16-29(19-25)43-23-26-12-8-9-17-32(26)36/h5-9,11-17,19-20,22H,3-4,10,18,23H2,1-2H3/b30-20+. The zero-order valence-corrected chi connectivity index (χ0v) is 24.1. The summed E-state index contributed by atoms with van der Waals surface area (Å²) < 4.78 is 21.8. The average Bonchev–Trinajstić information content (AvgIpc) is 3.45. The van der Waals surface area contributed by atoms with Crippen LogP contribution in [0.2, 0.25) is 0 Å². The highest BCUT2D eigenvalue weighted by Crippen LogP contribution is 2.32. The van der Waals surface area contributed by atoms with Crippen LogP contribution in [0.15, 0.2) is 102 Å². The second kappa shape index (κ2) is 13.1. The minimum atomic E-state index is -0.557. The molecule has 2 heterocycles. The summed E-state index contributed by atoms with van der Waals surface area (Å²) in [6.07, 6.45) is 5.97. The van der Waals surface area contributed by atoms with Crippen LogP contribution < -0.4 is 4.74 Å². The van der Waals surface area contributed by atoms with Crippen LogP contribution in [-0.4, -0.2) is 33.0 Å². The number of unbranched alkanes of at least 4 members (excludes halogenated alkanes) is 2. The first-order valence-electron chi connectivity index (χ1n) is 14.2. The van der Waals surface area contributed by atoms with Crippen LogP contribution in [0.5, 0.6) is 5.75 Å². The lowest BCUT2D eigenvalue weighted by Crippen LogP contribution is -2.43. The maximum absolute atomic E-state index is 14.2. The Morgan fingerprint density at radius 1 is 0.977 bits per heavy atom. The van der Waals surface area contributed by atoms with E-state index < -0.39 is 11.8 Å². The number of ether oxygens (including phenoxy) is 1. The number of amides is 2. The minimum Gasteiger partial charge on any atom is -0.489 e. The summed E-state index contributed by atoms with van der Waals surface area (Å²) >= 11 is 0. The summed E-state index contributed by atoms with van der Waals surface area (Å²) in [5.74, 6) is -0.803. The molecule has 5 rings (SSSR count). The minimum absolute atomic E-state index is 0.0390. The molecule has 4 aromatic rings. The van der Waals surface area contributed by atoms with E-state index >= 15 is 0 Å². The van der Waals surface area contributed by atoms with E-state index in [1.54, 1.807) is 41.9 Å². The van der Waals surface area contributed by atoms with Gasteiger partial charge in [-0.15, -0.1) is 0 Å². The lowest BCUT2D eigenvalue weighted by molar-refractivity contribution is -0.140. The molecule has 0 unspecified atom stereocenters. The van der Waals surface area contributed by atoms with Gasteiger partial charge < -0.3 is 4.74 Å². The van der Waals surface area contributed by atoms with Crippen molar-refractivity contribution in [1.82, 2.24) is 14.7 Å². The number of hydrogen-bond donors (Lipinski definition) is 0. The second-order valence-electron chi connectivity index (χ2n) is 10.3. The first kappa shape index (κ1) is 29.2. The molecule has 0 bridgehead atoms. The molecule has 7 nitrogen and oxygen atoms in total. The van der Waals surface area contributed by atoms with Crippen LogP contribution in [0, 0.1) is 17.1 Å². The third kappa shape index (κ3) is 6.31. The molecule has 0 atom stereocenters. The molecular formula is C35H31FN4O3. The molecule has 3 aromatic carbocycles. The van der Waals surface area contributed by atoms with E-state index in [0.717, 1.165) is 18.5 Å². The van der Waals surface area contributed by atoms with E-state index in [0.29, 0.717) is 40.1 Å². The van der Waals surface area contributed by atoms with Crippen LogP contribution in [0.4, 0.5) is 4.39 Å². The van der Waals surface area contributed by atoms with E-state index in [9.17, 15) is 19.2 Å². The fraction of sp³-hybridized carbons (Fsp3) is 0.200. The van der Waals surface area contributed by atoms with Gasteiger partial charge in [0.15, 0.2) is 0 Å². The molecule has 0 radical (unpaired) electrons. The first-order chi connectivity index (χ1) is 20.9. The van der Waals surface area contributed by atoms with E-state index in [1.165, 1.54) is 11.0 Å². The molecule has 0 aliphatic carbocycles. The van der Waals surface area contributed by atoms with Gasteiger partial charge in [0.25, 0.3) is 11.8 Å². The lowest BCUT2D eigenvalue weighted by atomic mass is 9.93. The number of imide groups is 1. The number of carbonyl (C=O) groups is 2. The Morgan fingerprint density at radius 3 is 2.49 bits per heavy atom. The van der Waals surface area contributed by atoms with Gasteiger partial charge in [-0.05, 0) is 55.3 Å². The van der Waals surface area contributed by atoms with Crippen molar-refractivity contribution in [3.8, 4) is 28.8 Å². The van der Waals surface area contributed by atoms with Crippen molar-refractivity contribution >= 4 is 17.9 Å². The molecule has 2 amide bonds. The summed E-state index contributed by atoms with van der Waals surface area (Å²) in [5.41, 5.74) is 3.74. The van der Waals surface area contributed by atoms with Gasteiger partial charge in [0.2, 0.25) is 0 Å². The molecule has 1 aliphatic heterocycles. The predicted octanol–water partition coefficient (Wildman–Crippen LogP) is 7.04. The molecular weight excluding hydrogens is 543 g/mol. The zero-order valence-electron chi connectivity index (χ0n) is 24.1. The Labute approximate surface area is 250 Å². The molecule has 216 valence electrons. The van der Waals surface area contributed by atoms with Gasteiger partial charge >= 0.3 is 0 Å². The van der Waals surface area contributed by atoms with Crippen LogP contribution >= 0.6 is 0 Å². The van der Waals surface area contributed by atoms with Gasteiger partial charge in [0, 0.05) is 35.0 Å².